The molecule has 0 saturated carbocycles. The Kier molecular flexibility index (Phi) is 5.71. The first-order valence-corrected chi connectivity index (χ1v) is 10.4. The van der Waals surface area contributed by atoms with Gasteiger partial charge in [-0.3, -0.25) is 9.59 Å². The minimum atomic E-state index is -0.575. The lowest BCUT2D eigenvalue weighted by atomic mass is 10.2. The maximum absolute atomic E-state index is 12.4. The molecule has 0 unspecified atom stereocenters. The van der Waals surface area contributed by atoms with Gasteiger partial charge in [0.1, 0.15) is 0 Å². The number of ether oxygens (including phenoxy) is 1. The molecule has 0 radical (unpaired) electrons. The lowest BCUT2D eigenvalue weighted by Gasteiger charge is -2.36. The molecule has 0 atom stereocenters. The topological polar surface area (TPSA) is 79.0 Å². The van der Waals surface area contributed by atoms with E-state index in [1.165, 1.54) is 11.8 Å². The Balaban J connectivity index is 1.28. The second-order valence-electron chi connectivity index (χ2n) is 6.83. The number of anilines is 2. The molecule has 1 fully saturated rings. The van der Waals surface area contributed by atoms with Crippen LogP contribution in [0.25, 0.3) is 0 Å². The van der Waals surface area contributed by atoms with Crippen molar-refractivity contribution in [3.8, 4) is 0 Å². The second-order valence-corrected chi connectivity index (χ2v) is 7.84. The third-order valence-electron chi connectivity index (χ3n) is 4.93. The molecule has 29 heavy (non-hydrogen) atoms. The van der Waals surface area contributed by atoms with Crippen LogP contribution in [0.3, 0.4) is 0 Å². The number of fused-ring (bicyclic) bond motifs is 1. The van der Waals surface area contributed by atoms with Gasteiger partial charge < -0.3 is 19.9 Å². The van der Waals surface area contributed by atoms with Gasteiger partial charge in [0.2, 0.25) is 5.91 Å². The molecule has 8 heteroatoms. The summed E-state index contributed by atoms with van der Waals surface area (Å²) in [5.74, 6) is -0.511. The van der Waals surface area contributed by atoms with Crippen LogP contribution in [0.2, 0.25) is 0 Å². The monoisotopic (exact) mass is 411 g/mol. The SMILES string of the molecule is O=C1CSc2ccc(C(=O)OCC(=O)N3CCN(c4ccccc4)CC3)cc2N1. The van der Waals surface area contributed by atoms with Gasteiger partial charge >= 0.3 is 5.97 Å². The van der Waals surface area contributed by atoms with Gasteiger partial charge in [0.15, 0.2) is 6.61 Å². The molecule has 0 aromatic heterocycles. The molecule has 1 saturated heterocycles. The van der Waals surface area contributed by atoms with Gasteiger partial charge in [-0.2, -0.15) is 0 Å². The minimum absolute atomic E-state index is 0.0992. The Bertz CT molecular complexity index is 927. The highest BCUT2D eigenvalue weighted by Gasteiger charge is 2.23. The van der Waals surface area contributed by atoms with Crippen LogP contribution in [0.4, 0.5) is 11.4 Å². The fraction of sp³-hybridized carbons (Fsp3) is 0.286. The molecule has 4 rings (SSSR count). The zero-order valence-electron chi connectivity index (χ0n) is 15.8. The van der Waals surface area contributed by atoms with E-state index >= 15 is 0 Å². The minimum Gasteiger partial charge on any atom is -0.452 e. The zero-order chi connectivity index (χ0) is 20.2. The summed E-state index contributed by atoms with van der Waals surface area (Å²) in [6, 6.07) is 15.1. The third kappa shape index (κ3) is 4.54. The number of piperazine rings is 1. The molecular weight excluding hydrogens is 390 g/mol. The summed E-state index contributed by atoms with van der Waals surface area (Å²) >= 11 is 1.42. The van der Waals surface area contributed by atoms with Crippen molar-refractivity contribution in [3.63, 3.8) is 0 Å². The van der Waals surface area contributed by atoms with Gasteiger partial charge in [0, 0.05) is 36.8 Å². The first-order chi connectivity index (χ1) is 14.1. The van der Waals surface area contributed by atoms with Crippen molar-refractivity contribution in [2.45, 2.75) is 4.90 Å². The number of esters is 1. The fourth-order valence-electron chi connectivity index (χ4n) is 3.36. The molecule has 2 aromatic rings. The van der Waals surface area contributed by atoms with E-state index in [2.05, 4.69) is 22.3 Å². The van der Waals surface area contributed by atoms with Gasteiger partial charge in [-0.15, -0.1) is 11.8 Å². The van der Waals surface area contributed by atoms with Crippen molar-refractivity contribution < 1.29 is 19.1 Å². The highest BCUT2D eigenvalue weighted by Crippen LogP contribution is 2.32. The van der Waals surface area contributed by atoms with Gasteiger partial charge in [-0.05, 0) is 30.3 Å². The first-order valence-electron chi connectivity index (χ1n) is 9.42. The molecule has 2 aromatic carbocycles. The number of thioether (sulfide) groups is 1. The number of hydrogen-bond donors (Lipinski definition) is 1. The molecule has 150 valence electrons. The molecule has 2 aliphatic heterocycles. The van der Waals surface area contributed by atoms with Crippen LogP contribution in [0, 0.1) is 0 Å². The normalized spacial score (nSPS) is 16.1. The number of benzene rings is 2. The number of carbonyl (C=O) groups is 3. The summed E-state index contributed by atoms with van der Waals surface area (Å²) in [6.07, 6.45) is 0. The summed E-state index contributed by atoms with van der Waals surface area (Å²) in [5, 5.41) is 2.74. The lowest BCUT2D eigenvalue weighted by molar-refractivity contribution is -0.134. The average Bonchev–Trinajstić information content (AvgIpc) is 2.77. The third-order valence-corrected chi connectivity index (χ3v) is 6.00. The second kappa shape index (κ2) is 8.57. The van der Waals surface area contributed by atoms with Crippen molar-refractivity contribution >= 4 is 40.9 Å². The van der Waals surface area contributed by atoms with Gasteiger partial charge in [-0.25, -0.2) is 4.79 Å². The number of carbonyl (C=O) groups excluding carboxylic acids is 3. The quantitative estimate of drug-likeness (QED) is 0.778. The standard InChI is InChI=1S/C21H21N3O4S/c25-19-14-29-18-7-6-15(12-17(18)22-19)21(27)28-13-20(26)24-10-8-23(9-11-24)16-4-2-1-3-5-16/h1-7,12H,8-11,13-14H2,(H,22,25). The van der Waals surface area contributed by atoms with Crippen LogP contribution in [-0.2, 0) is 14.3 Å². The van der Waals surface area contributed by atoms with Gasteiger partial charge in [-0.1, -0.05) is 18.2 Å². The molecule has 0 spiro atoms. The van der Waals surface area contributed by atoms with Crippen molar-refractivity contribution in [1.29, 1.82) is 0 Å². The summed E-state index contributed by atoms with van der Waals surface area (Å²) in [4.78, 5) is 41.1. The average molecular weight is 411 g/mol. The van der Waals surface area contributed by atoms with Crippen molar-refractivity contribution in [2.75, 3.05) is 48.8 Å². The Hall–Kier alpha value is -3.00. The van der Waals surface area contributed by atoms with Crippen LogP contribution in [0.5, 0.6) is 0 Å². The molecular formula is C21H21N3O4S. The van der Waals surface area contributed by atoms with E-state index in [0.717, 1.165) is 23.7 Å². The molecule has 7 nitrogen and oxygen atoms in total. The van der Waals surface area contributed by atoms with E-state index in [1.54, 1.807) is 23.1 Å². The fourth-order valence-corrected chi connectivity index (χ4v) is 4.15. The van der Waals surface area contributed by atoms with Crippen molar-refractivity contribution in [3.05, 3.63) is 54.1 Å². The number of amides is 2. The highest BCUT2D eigenvalue weighted by molar-refractivity contribution is 8.00. The Morgan fingerprint density at radius 1 is 1.03 bits per heavy atom. The van der Waals surface area contributed by atoms with Crippen LogP contribution < -0.4 is 10.2 Å². The van der Waals surface area contributed by atoms with Crippen molar-refractivity contribution in [1.82, 2.24) is 4.90 Å². The smallest absolute Gasteiger partial charge is 0.338 e. The lowest BCUT2D eigenvalue weighted by Crippen LogP contribution is -2.49. The number of nitrogens with one attached hydrogen (secondary N) is 1. The molecule has 0 aliphatic carbocycles. The molecule has 2 heterocycles. The predicted octanol–water partition coefficient (Wildman–Crippen LogP) is 2.24. The Labute approximate surface area is 173 Å². The van der Waals surface area contributed by atoms with Crippen LogP contribution >= 0.6 is 11.8 Å². The van der Waals surface area contributed by atoms with Crippen LogP contribution in [0.15, 0.2) is 53.4 Å². The van der Waals surface area contributed by atoms with Crippen molar-refractivity contribution in [2.24, 2.45) is 0 Å². The molecule has 1 N–H and O–H groups in total. The number of para-hydroxylation sites is 1. The number of rotatable bonds is 4. The van der Waals surface area contributed by atoms with E-state index in [9.17, 15) is 14.4 Å². The van der Waals surface area contributed by atoms with E-state index in [-0.39, 0.29) is 18.4 Å². The number of nitrogens with zero attached hydrogens (tertiary/aromatic N) is 2. The van der Waals surface area contributed by atoms with E-state index < -0.39 is 5.97 Å². The van der Waals surface area contributed by atoms with Crippen LogP contribution in [0.1, 0.15) is 10.4 Å². The summed E-state index contributed by atoms with van der Waals surface area (Å²) < 4.78 is 5.21. The van der Waals surface area contributed by atoms with E-state index in [0.29, 0.717) is 30.1 Å². The summed E-state index contributed by atoms with van der Waals surface area (Å²) in [5.41, 5.74) is 2.06. The largest absolute Gasteiger partial charge is 0.452 e. The summed E-state index contributed by atoms with van der Waals surface area (Å²) in [6.45, 7) is 2.38. The van der Waals surface area contributed by atoms with E-state index in [4.69, 9.17) is 4.74 Å². The first kappa shape index (κ1) is 19.3. The Morgan fingerprint density at radius 3 is 2.55 bits per heavy atom. The van der Waals surface area contributed by atoms with Crippen LogP contribution in [-0.4, -0.2) is 61.2 Å². The zero-order valence-corrected chi connectivity index (χ0v) is 16.6. The molecule has 2 amide bonds. The summed E-state index contributed by atoms with van der Waals surface area (Å²) in [7, 11) is 0. The van der Waals surface area contributed by atoms with Gasteiger partial charge in [0.05, 0.1) is 17.0 Å². The van der Waals surface area contributed by atoms with E-state index in [1.807, 2.05) is 18.2 Å². The Morgan fingerprint density at radius 2 is 1.79 bits per heavy atom. The van der Waals surface area contributed by atoms with Gasteiger partial charge in [0.25, 0.3) is 5.91 Å². The maximum Gasteiger partial charge on any atom is 0.338 e. The predicted molar refractivity (Wildman–Crippen MR) is 111 cm³/mol. The molecule has 0 bridgehead atoms. The molecule has 2 aliphatic rings. The maximum atomic E-state index is 12.4. The highest BCUT2D eigenvalue weighted by atomic mass is 32.2. The number of hydrogen-bond acceptors (Lipinski definition) is 6.